The Kier molecular flexibility index (Phi) is 5.70. The zero-order chi connectivity index (χ0) is 19.5. The van der Waals surface area contributed by atoms with E-state index in [-0.39, 0.29) is 12.5 Å². The Bertz CT molecular complexity index is 1000. The molecule has 1 aliphatic heterocycles. The number of benzene rings is 1. The van der Waals surface area contributed by atoms with Gasteiger partial charge in [0.2, 0.25) is 5.91 Å². The second kappa shape index (κ2) is 8.38. The molecule has 1 fully saturated rings. The number of rotatable bonds is 5. The van der Waals surface area contributed by atoms with Crippen molar-refractivity contribution in [3.63, 3.8) is 0 Å². The highest BCUT2D eigenvalue weighted by Crippen LogP contribution is 2.19. The van der Waals surface area contributed by atoms with Gasteiger partial charge in [0.25, 0.3) is 0 Å². The summed E-state index contributed by atoms with van der Waals surface area (Å²) in [6, 6.07) is 12.3. The van der Waals surface area contributed by atoms with E-state index in [9.17, 15) is 4.79 Å². The molecule has 28 heavy (non-hydrogen) atoms. The fourth-order valence-electron chi connectivity index (χ4n) is 3.48. The smallest absolute Gasteiger partial charge is 0.242 e. The van der Waals surface area contributed by atoms with Crippen LogP contribution >= 0.6 is 23.6 Å². The van der Waals surface area contributed by atoms with Crippen molar-refractivity contribution < 1.29 is 4.79 Å². The largest absolute Gasteiger partial charge is 0.339 e. The number of amides is 1. The number of aryl methyl sites for hydroxylation is 1. The second-order valence-corrected chi connectivity index (χ2v) is 8.46. The first-order valence-electron chi connectivity index (χ1n) is 9.35. The van der Waals surface area contributed by atoms with Gasteiger partial charge in [0.1, 0.15) is 6.54 Å². The summed E-state index contributed by atoms with van der Waals surface area (Å²) in [5.41, 5.74) is 2.10. The predicted octanol–water partition coefficient (Wildman–Crippen LogP) is 3.32. The van der Waals surface area contributed by atoms with Crippen LogP contribution in [0.2, 0.25) is 0 Å². The van der Waals surface area contributed by atoms with Gasteiger partial charge in [-0.2, -0.15) is 5.10 Å². The summed E-state index contributed by atoms with van der Waals surface area (Å²) in [4.78, 5) is 18.6. The summed E-state index contributed by atoms with van der Waals surface area (Å²) < 4.78 is 2.27. The summed E-state index contributed by atoms with van der Waals surface area (Å²) in [5.74, 6) is 0.792. The Hall–Kier alpha value is -2.29. The van der Waals surface area contributed by atoms with E-state index in [1.54, 1.807) is 15.9 Å². The van der Waals surface area contributed by atoms with Gasteiger partial charge in [-0.25, -0.2) is 0 Å². The third-order valence-electron chi connectivity index (χ3n) is 5.01. The van der Waals surface area contributed by atoms with Gasteiger partial charge in [0.15, 0.2) is 10.6 Å². The van der Waals surface area contributed by atoms with Gasteiger partial charge in [-0.1, -0.05) is 29.8 Å². The van der Waals surface area contributed by atoms with E-state index in [0.29, 0.717) is 10.6 Å². The Morgan fingerprint density at radius 2 is 2.04 bits per heavy atom. The van der Waals surface area contributed by atoms with Crippen molar-refractivity contribution in [3.8, 4) is 11.4 Å². The van der Waals surface area contributed by atoms with Crippen LogP contribution in [0.4, 0.5) is 0 Å². The molecule has 0 unspecified atom stereocenters. The van der Waals surface area contributed by atoms with Crippen molar-refractivity contribution >= 4 is 29.5 Å². The van der Waals surface area contributed by atoms with Gasteiger partial charge >= 0.3 is 0 Å². The maximum atomic E-state index is 12.9. The summed E-state index contributed by atoms with van der Waals surface area (Å²) in [6.07, 6.45) is 0. The standard InChI is InChI=1S/C20H23N5OS2/c1-15-4-2-5-16(12-15)19-21-22-20(27)25(19)14-18(26)24-9-7-23(8-10-24)13-17-6-3-11-28-17/h2-6,11-12H,7-10,13-14H2,1H3,(H,22,27). The van der Waals surface area contributed by atoms with E-state index >= 15 is 0 Å². The lowest BCUT2D eigenvalue weighted by Crippen LogP contribution is -2.49. The molecule has 4 rings (SSSR count). The van der Waals surface area contributed by atoms with Gasteiger partial charge in [-0.05, 0) is 36.7 Å². The van der Waals surface area contributed by atoms with Crippen LogP contribution in [0.25, 0.3) is 11.4 Å². The molecule has 1 N–H and O–H groups in total. The van der Waals surface area contributed by atoms with E-state index in [1.807, 2.05) is 30.0 Å². The van der Waals surface area contributed by atoms with Crippen LogP contribution in [-0.2, 0) is 17.9 Å². The molecule has 0 spiro atoms. The monoisotopic (exact) mass is 413 g/mol. The molecule has 1 aliphatic rings. The molecular formula is C20H23N5OS2. The number of aromatic amines is 1. The quantitative estimate of drug-likeness (QED) is 0.652. The normalized spacial score (nSPS) is 15.1. The Labute approximate surface area is 173 Å². The van der Waals surface area contributed by atoms with Gasteiger partial charge in [0.05, 0.1) is 0 Å². The van der Waals surface area contributed by atoms with Crippen LogP contribution in [0.15, 0.2) is 41.8 Å². The minimum Gasteiger partial charge on any atom is -0.339 e. The molecular weight excluding hydrogens is 390 g/mol. The average Bonchev–Trinajstić information content (AvgIpc) is 3.33. The average molecular weight is 414 g/mol. The van der Waals surface area contributed by atoms with Crippen LogP contribution in [0.3, 0.4) is 0 Å². The molecule has 0 atom stereocenters. The first-order valence-corrected chi connectivity index (χ1v) is 10.6. The Morgan fingerprint density at radius 3 is 2.75 bits per heavy atom. The van der Waals surface area contributed by atoms with E-state index in [2.05, 4.69) is 38.7 Å². The SMILES string of the molecule is Cc1cccc(-c2n[nH]c(=S)n2CC(=O)N2CCN(Cc3cccs3)CC2)c1. The third-order valence-corrected chi connectivity index (χ3v) is 6.19. The highest BCUT2D eigenvalue weighted by atomic mass is 32.1. The number of carbonyl (C=O) groups excluding carboxylic acids is 1. The number of hydrogen-bond acceptors (Lipinski definition) is 5. The lowest BCUT2D eigenvalue weighted by molar-refractivity contribution is -0.133. The molecule has 0 saturated carbocycles. The molecule has 0 radical (unpaired) electrons. The molecule has 0 aliphatic carbocycles. The molecule has 0 bridgehead atoms. The van der Waals surface area contributed by atoms with Crippen LogP contribution in [0.1, 0.15) is 10.4 Å². The van der Waals surface area contributed by atoms with Crippen LogP contribution in [0.5, 0.6) is 0 Å². The number of H-pyrrole nitrogens is 1. The van der Waals surface area contributed by atoms with Gasteiger partial charge in [-0.15, -0.1) is 11.3 Å². The molecule has 3 heterocycles. The van der Waals surface area contributed by atoms with Crippen molar-refractivity contribution in [1.82, 2.24) is 24.6 Å². The van der Waals surface area contributed by atoms with E-state index in [1.165, 1.54) is 4.88 Å². The van der Waals surface area contributed by atoms with Gasteiger partial charge in [0, 0.05) is 43.2 Å². The number of nitrogens with zero attached hydrogens (tertiary/aromatic N) is 4. The lowest BCUT2D eigenvalue weighted by Gasteiger charge is -2.34. The maximum Gasteiger partial charge on any atom is 0.242 e. The fraction of sp³-hybridized carbons (Fsp3) is 0.350. The number of piperazine rings is 1. The topological polar surface area (TPSA) is 57.2 Å². The zero-order valence-electron chi connectivity index (χ0n) is 15.8. The van der Waals surface area contributed by atoms with Crippen molar-refractivity contribution in [2.75, 3.05) is 26.2 Å². The molecule has 1 saturated heterocycles. The van der Waals surface area contributed by atoms with Crippen LogP contribution in [-0.4, -0.2) is 56.7 Å². The highest BCUT2D eigenvalue weighted by Gasteiger charge is 2.23. The van der Waals surface area contributed by atoms with E-state index < -0.39 is 0 Å². The number of aromatic nitrogens is 3. The summed E-state index contributed by atoms with van der Waals surface area (Å²) in [7, 11) is 0. The molecule has 8 heteroatoms. The summed E-state index contributed by atoms with van der Waals surface area (Å²) in [6.45, 7) is 6.49. The van der Waals surface area contributed by atoms with Crippen LogP contribution < -0.4 is 0 Å². The van der Waals surface area contributed by atoms with Crippen molar-refractivity contribution in [2.24, 2.45) is 0 Å². The minimum absolute atomic E-state index is 0.0853. The summed E-state index contributed by atoms with van der Waals surface area (Å²) >= 11 is 7.16. The zero-order valence-corrected chi connectivity index (χ0v) is 17.4. The van der Waals surface area contributed by atoms with Crippen LogP contribution in [0, 0.1) is 11.7 Å². The Morgan fingerprint density at radius 1 is 1.21 bits per heavy atom. The number of carbonyl (C=O) groups is 1. The van der Waals surface area contributed by atoms with Gasteiger partial charge < -0.3 is 4.90 Å². The predicted molar refractivity (Wildman–Crippen MR) is 114 cm³/mol. The molecule has 2 aromatic heterocycles. The molecule has 1 aromatic carbocycles. The number of nitrogens with one attached hydrogen (secondary N) is 1. The molecule has 3 aromatic rings. The molecule has 1 amide bonds. The van der Waals surface area contributed by atoms with Crippen molar-refractivity contribution in [3.05, 3.63) is 57.0 Å². The summed E-state index contributed by atoms with van der Waals surface area (Å²) in [5, 5.41) is 9.29. The first-order chi connectivity index (χ1) is 13.6. The minimum atomic E-state index is 0.0853. The fourth-order valence-corrected chi connectivity index (χ4v) is 4.43. The maximum absolute atomic E-state index is 12.9. The number of hydrogen-bond donors (Lipinski definition) is 1. The van der Waals surface area contributed by atoms with Gasteiger partial charge in [-0.3, -0.25) is 19.4 Å². The highest BCUT2D eigenvalue weighted by molar-refractivity contribution is 7.71. The Balaban J connectivity index is 1.41. The van der Waals surface area contributed by atoms with Crippen molar-refractivity contribution in [2.45, 2.75) is 20.0 Å². The molecule has 6 nitrogen and oxygen atoms in total. The van der Waals surface area contributed by atoms with Crippen molar-refractivity contribution in [1.29, 1.82) is 0 Å². The first kappa shape index (κ1) is 19.0. The van der Waals surface area contributed by atoms with E-state index in [4.69, 9.17) is 12.2 Å². The molecule has 146 valence electrons. The number of thiophene rings is 1. The lowest BCUT2D eigenvalue weighted by atomic mass is 10.1. The third kappa shape index (κ3) is 4.24. The van der Waals surface area contributed by atoms with E-state index in [0.717, 1.165) is 43.9 Å². The second-order valence-electron chi connectivity index (χ2n) is 7.04.